The summed E-state index contributed by atoms with van der Waals surface area (Å²) in [5.41, 5.74) is 3.25. The van der Waals surface area contributed by atoms with Gasteiger partial charge in [-0.1, -0.05) is 45.7 Å². The Morgan fingerprint density at radius 3 is 1.86 bits per heavy atom. The summed E-state index contributed by atoms with van der Waals surface area (Å²) in [6.45, 7) is 8.12. The monoisotopic (exact) mass is 378 g/mol. The number of anilines is 1. The van der Waals surface area contributed by atoms with Crippen molar-refractivity contribution in [2.75, 3.05) is 18.4 Å². The zero-order chi connectivity index (χ0) is 20.1. The Bertz CT molecular complexity index is 809. The largest absolute Gasteiger partial charge is 0.339 e. The zero-order valence-electron chi connectivity index (χ0n) is 17.1. The van der Waals surface area contributed by atoms with Crippen molar-refractivity contribution in [3.8, 4) is 0 Å². The van der Waals surface area contributed by atoms with Gasteiger partial charge in [0, 0.05) is 29.9 Å². The Hall–Kier alpha value is -2.62. The van der Waals surface area contributed by atoms with Crippen molar-refractivity contribution in [2.45, 2.75) is 51.9 Å². The minimum Gasteiger partial charge on any atom is -0.339 e. The van der Waals surface area contributed by atoms with Gasteiger partial charge in [0.15, 0.2) is 0 Å². The number of carbonyl (C=O) groups is 2. The van der Waals surface area contributed by atoms with Crippen molar-refractivity contribution in [2.24, 2.45) is 0 Å². The van der Waals surface area contributed by atoms with E-state index in [1.54, 1.807) is 24.3 Å². The van der Waals surface area contributed by atoms with Crippen molar-refractivity contribution < 1.29 is 9.59 Å². The van der Waals surface area contributed by atoms with Gasteiger partial charge in [-0.2, -0.15) is 0 Å². The fraction of sp³-hybridized carbons (Fsp3) is 0.417. The predicted octanol–water partition coefficient (Wildman–Crippen LogP) is 5.25. The topological polar surface area (TPSA) is 49.4 Å². The maximum absolute atomic E-state index is 12.7. The molecule has 3 rings (SSSR count). The van der Waals surface area contributed by atoms with E-state index in [1.165, 1.54) is 18.4 Å². The van der Waals surface area contributed by atoms with Crippen molar-refractivity contribution in [3.63, 3.8) is 0 Å². The molecule has 0 bridgehead atoms. The molecular weight excluding hydrogens is 348 g/mol. The first-order chi connectivity index (χ1) is 13.3. The van der Waals surface area contributed by atoms with Gasteiger partial charge in [0.2, 0.25) is 0 Å². The Morgan fingerprint density at radius 2 is 1.32 bits per heavy atom. The normalized spacial score (nSPS) is 15.0. The van der Waals surface area contributed by atoms with Gasteiger partial charge < -0.3 is 10.2 Å². The molecule has 148 valence electrons. The molecule has 2 aromatic rings. The number of rotatable bonds is 3. The summed E-state index contributed by atoms with van der Waals surface area (Å²) in [4.78, 5) is 27.1. The molecule has 0 unspecified atom stereocenters. The molecule has 1 aliphatic heterocycles. The summed E-state index contributed by atoms with van der Waals surface area (Å²) >= 11 is 0. The van der Waals surface area contributed by atoms with E-state index in [4.69, 9.17) is 0 Å². The molecule has 28 heavy (non-hydrogen) atoms. The molecule has 1 saturated heterocycles. The standard InChI is InChI=1S/C24H30N2O2/c1-24(2,3)20-12-8-18(9-13-20)22(27)25-21-14-10-19(11-15-21)23(28)26-16-6-4-5-7-17-26/h8-15H,4-7,16-17H2,1-3H3,(H,25,27). The lowest BCUT2D eigenvalue weighted by Crippen LogP contribution is -2.31. The second-order valence-electron chi connectivity index (χ2n) is 8.57. The van der Waals surface area contributed by atoms with E-state index < -0.39 is 0 Å². The number of nitrogens with one attached hydrogen (secondary N) is 1. The molecule has 0 aromatic heterocycles. The third-order valence-electron chi connectivity index (χ3n) is 5.30. The SMILES string of the molecule is CC(C)(C)c1ccc(C(=O)Nc2ccc(C(=O)N3CCCCCC3)cc2)cc1. The van der Waals surface area contributed by atoms with Crippen LogP contribution in [-0.2, 0) is 5.41 Å². The number of amides is 2. The second kappa shape index (κ2) is 8.59. The van der Waals surface area contributed by atoms with Crippen molar-refractivity contribution >= 4 is 17.5 Å². The summed E-state index contributed by atoms with van der Waals surface area (Å²) in [5.74, 6) is -0.0652. The van der Waals surface area contributed by atoms with Crippen LogP contribution in [0.2, 0.25) is 0 Å². The fourth-order valence-electron chi connectivity index (χ4n) is 3.48. The van der Waals surface area contributed by atoms with Crippen molar-refractivity contribution in [1.82, 2.24) is 4.90 Å². The molecule has 0 spiro atoms. The van der Waals surface area contributed by atoms with Crippen LogP contribution in [0.4, 0.5) is 5.69 Å². The summed E-state index contributed by atoms with van der Waals surface area (Å²) in [6.07, 6.45) is 4.55. The summed E-state index contributed by atoms with van der Waals surface area (Å²) in [6, 6.07) is 14.9. The molecule has 1 heterocycles. The van der Waals surface area contributed by atoms with Gasteiger partial charge in [-0.3, -0.25) is 9.59 Å². The molecule has 1 N–H and O–H groups in total. The molecule has 4 heteroatoms. The molecule has 4 nitrogen and oxygen atoms in total. The highest BCUT2D eigenvalue weighted by molar-refractivity contribution is 6.04. The molecule has 0 aliphatic carbocycles. The number of nitrogens with zero attached hydrogens (tertiary/aromatic N) is 1. The van der Waals surface area contributed by atoms with Crippen LogP contribution in [-0.4, -0.2) is 29.8 Å². The van der Waals surface area contributed by atoms with E-state index in [0.29, 0.717) is 16.8 Å². The third kappa shape index (κ3) is 5.00. The van der Waals surface area contributed by atoms with E-state index in [2.05, 4.69) is 26.1 Å². The minimum absolute atomic E-state index is 0.0603. The first-order valence-corrected chi connectivity index (χ1v) is 10.2. The van der Waals surface area contributed by atoms with E-state index in [0.717, 1.165) is 25.9 Å². The lowest BCUT2D eigenvalue weighted by Gasteiger charge is -2.20. The Balaban J connectivity index is 1.63. The van der Waals surface area contributed by atoms with E-state index >= 15 is 0 Å². The van der Waals surface area contributed by atoms with Gasteiger partial charge >= 0.3 is 0 Å². The maximum Gasteiger partial charge on any atom is 0.255 e. The molecule has 0 atom stereocenters. The van der Waals surface area contributed by atoms with Crippen LogP contribution in [0.5, 0.6) is 0 Å². The molecule has 0 radical (unpaired) electrons. The zero-order valence-corrected chi connectivity index (χ0v) is 17.1. The molecule has 1 fully saturated rings. The molecule has 2 amide bonds. The summed E-state index contributed by atoms with van der Waals surface area (Å²) in [5, 5.41) is 2.91. The minimum atomic E-state index is -0.146. The van der Waals surface area contributed by atoms with Crippen molar-refractivity contribution in [1.29, 1.82) is 0 Å². The lowest BCUT2D eigenvalue weighted by atomic mass is 9.87. The number of benzene rings is 2. The van der Waals surface area contributed by atoms with Crippen LogP contribution >= 0.6 is 0 Å². The van der Waals surface area contributed by atoms with E-state index in [1.807, 2.05) is 29.2 Å². The second-order valence-corrected chi connectivity index (χ2v) is 8.57. The molecule has 1 aliphatic rings. The van der Waals surface area contributed by atoms with E-state index in [9.17, 15) is 9.59 Å². The number of hydrogen-bond donors (Lipinski definition) is 1. The van der Waals surface area contributed by atoms with Gasteiger partial charge in [-0.05, 0) is 60.2 Å². The molecular formula is C24H30N2O2. The number of hydrogen-bond acceptors (Lipinski definition) is 2. The van der Waals surface area contributed by atoms with Crippen LogP contribution in [0.15, 0.2) is 48.5 Å². The first kappa shape index (κ1) is 20.1. The lowest BCUT2D eigenvalue weighted by molar-refractivity contribution is 0.0761. The summed E-state index contributed by atoms with van der Waals surface area (Å²) in [7, 11) is 0. The predicted molar refractivity (Wildman–Crippen MR) is 114 cm³/mol. The first-order valence-electron chi connectivity index (χ1n) is 10.2. The van der Waals surface area contributed by atoms with Crippen LogP contribution in [0.1, 0.15) is 72.7 Å². The quantitative estimate of drug-likeness (QED) is 0.793. The highest BCUT2D eigenvalue weighted by Crippen LogP contribution is 2.22. The van der Waals surface area contributed by atoms with E-state index in [-0.39, 0.29) is 17.2 Å². The maximum atomic E-state index is 12.7. The number of likely N-dealkylation sites (tertiary alicyclic amines) is 1. The van der Waals surface area contributed by atoms with Crippen LogP contribution in [0.3, 0.4) is 0 Å². The average molecular weight is 379 g/mol. The highest BCUT2D eigenvalue weighted by Gasteiger charge is 2.17. The van der Waals surface area contributed by atoms with Gasteiger partial charge in [0.05, 0.1) is 0 Å². The van der Waals surface area contributed by atoms with Gasteiger partial charge in [0.25, 0.3) is 11.8 Å². The van der Waals surface area contributed by atoms with Gasteiger partial charge in [0.1, 0.15) is 0 Å². The molecule has 0 saturated carbocycles. The highest BCUT2D eigenvalue weighted by atomic mass is 16.2. The van der Waals surface area contributed by atoms with Gasteiger partial charge in [-0.25, -0.2) is 0 Å². The number of carbonyl (C=O) groups excluding carboxylic acids is 2. The Labute approximate surface area is 167 Å². The summed E-state index contributed by atoms with van der Waals surface area (Å²) < 4.78 is 0. The fourth-order valence-corrected chi connectivity index (χ4v) is 3.48. The third-order valence-corrected chi connectivity index (χ3v) is 5.30. The Kier molecular flexibility index (Phi) is 6.18. The van der Waals surface area contributed by atoms with Crippen molar-refractivity contribution in [3.05, 3.63) is 65.2 Å². The smallest absolute Gasteiger partial charge is 0.255 e. The Morgan fingerprint density at radius 1 is 0.786 bits per heavy atom. The van der Waals surface area contributed by atoms with Crippen LogP contribution < -0.4 is 5.32 Å². The molecule has 2 aromatic carbocycles. The average Bonchev–Trinajstić information content (AvgIpc) is 2.97. The van der Waals surface area contributed by atoms with Crippen LogP contribution in [0.25, 0.3) is 0 Å². The van der Waals surface area contributed by atoms with Gasteiger partial charge in [-0.15, -0.1) is 0 Å². The van der Waals surface area contributed by atoms with Crippen LogP contribution in [0, 0.1) is 0 Å².